The summed E-state index contributed by atoms with van der Waals surface area (Å²) in [6, 6.07) is 1.68. The molecule has 1 aromatic heterocycles. The van der Waals surface area contributed by atoms with Crippen LogP contribution in [0, 0.1) is 5.92 Å². The molecule has 1 saturated carbocycles. The molecule has 0 saturated heterocycles. The van der Waals surface area contributed by atoms with Gasteiger partial charge in [0.15, 0.2) is 0 Å². The maximum absolute atomic E-state index is 13.1. The minimum atomic E-state index is -2.55. The summed E-state index contributed by atoms with van der Waals surface area (Å²) in [5.74, 6) is -2.25. The van der Waals surface area contributed by atoms with Gasteiger partial charge < -0.3 is 4.74 Å². The van der Waals surface area contributed by atoms with Crippen LogP contribution in [0.2, 0.25) is 0 Å². The zero-order valence-corrected chi connectivity index (χ0v) is 10.8. The first-order valence-corrected chi connectivity index (χ1v) is 6.30. The highest BCUT2D eigenvalue weighted by Crippen LogP contribution is 2.42. The second-order valence-corrected chi connectivity index (χ2v) is 5.19. The van der Waals surface area contributed by atoms with Gasteiger partial charge in [0.1, 0.15) is 6.33 Å². The quantitative estimate of drug-likeness (QED) is 0.793. The predicted molar refractivity (Wildman–Crippen MR) is 64.2 cm³/mol. The Bertz CT molecular complexity index is 417. The lowest BCUT2D eigenvalue weighted by Crippen LogP contribution is -2.18. The topological polar surface area (TPSA) is 35.0 Å². The van der Waals surface area contributed by atoms with E-state index in [4.69, 9.17) is 16.3 Å². The third-order valence-corrected chi connectivity index (χ3v) is 3.78. The molecular formula is C12H15ClF2N2O. The molecule has 2 rings (SSSR count). The second-order valence-electron chi connectivity index (χ2n) is 4.63. The van der Waals surface area contributed by atoms with Crippen molar-refractivity contribution in [2.45, 2.75) is 37.0 Å². The van der Waals surface area contributed by atoms with Gasteiger partial charge in [0.05, 0.1) is 7.11 Å². The summed E-state index contributed by atoms with van der Waals surface area (Å²) in [4.78, 5) is 7.96. The number of halogens is 3. The fourth-order valence-corrected chi connectivity index (χ4v) is 2.63. The zero-order chi connectivity index (χ0) is 13.2. The van der Waals surface area contributed by atoms with E-state index in [2.05, 4.69) is 9.97 Å². The van der Waals surface area contributed by atoms with Crippen LogP contribution in [0.25, 0.3) is 0 Å². The average Bonchev–Trinajstić information content (AvgIpc) is 2.70. The molecule has 2 unspecified atom stereocenters. The third-order valence-electron chi connectivity index (χ3n) is 3.27. The molecule has 0 amide bonds. The molecule has 0 radical (unpaired) electrons. The van der Waals surface area contributed by atoms with E-state index < -0.39 is 5.92 Å². The Morgan fingerprint density at radius 1 is 1.56 bits per heavy atom. The SMILES string of the molecule is COc1cc(CC(Cl)C2CCC(F)(F)C2)ncn1. The number of aromatic nitrogens is 2. The number of hydrogen-bond acceptors (Lipinski definition) is 3. The molecule has 1 aliphatic carbocycles. The molecule has 3 nitrogen and oxygen atoms in total. The van der Waals surface area contributed by atoms with Gasteiger partial charge in [-0.3, -0.25) is 0 Å². The summed E-state index contributed by atoms with van der Waals surface area (Å²) < 4.78 is 31.2. The van der Waals surface area contributed by atoms with Crippen molar-refractivity contribution in [2.24, 2.45) is 5.92 Å². The van der Waals surface area contributed by atoms with Crippen LogP contribution in [0.15, 0.2) is 12.4 Å². The van der Waals surface area contributed by atoms with Crippen LogP contribution in [0.4, 0.5) is 8.78 Å². The van der Waals surface area contributed by atoms with Crippen molar-refractivity contribution in [3.8, 4) is 5.88 Å². The summed E-state index contributed by atoms with van der Waals surface area (Å²) in [7, 11) is 1.52. The van der Waals surface area contributed by atoms with Gasteiger partial charge in [0.2, 0.25) is 11.8 Å². The maximum Gasteiger partial charge on any atom is 0.248 e. The molecule has 6 heteroatoms. The fraction of sp³-hybridized carbons (Fsp3) is 0.667. The Hall–Kier alpha value is -0.970. The van der Waals surface area contributed by atoms with Crippen molar-refractivity contribution in [2.75, 3.05) is 7.11 Å². The lowest BCUT2D eigenvalue weighted by molar-refractivity contribution is 0.00487. The highest BCUT2D eigenvalue weighted by molar-refractivity contribution is 6.20. The summed E-state index contributed by atoms with van der Waals surface area (Å²) in [6.45, 7) is 0. The summed E-state index contributed by atoms with van der Waals surface area (Å²) in [6.07, 6.45) is 2.14. The van der Waals surface area contributed by atoms with Crippen LogP contribution < -0.4 is 4.74 Å². The van der Waals surface area contributed by atoms with E-state index in [1.165, 1.54) is 13.4 Å². The second kappa shape index (κ2) is 5.34. The van der Waals surface area contributed by atoms with Gasteiger partial charge in [-0.25, -0.2) is 18.7 Å². The molecule has 0 aromatic carbocycles. The van der Waals surface area contributed by atoms with E-state index in [9.17, 15) is 8.78 Å². The van der Waals surface area contributed by atoms with Crippen LogP contribution in [-0.2, 0) is 6.42 Å². The van der Waals surface area contributed by atoms with Gasteiger partial charge >= 0.3 is 0 Å². The van der Waals surface area contributed by atoms with Gasteiger partial charge in [-0.05, 0) is 12.3 Å². The van der Waals surface area contributed by atoms with Gasteiger partial charge in [-0.2, -0.15) is 0 Å². The smallest absolute Gasteiger partial charge is 0.248 e. The summed E-state index contributed by atoms with van der Waals surface area (Å²) in [5, 5.41) is -0.321. The molecular weight excluding hydrogens is 262 g/mol. The van der Waals surface area contributed by atoms with Crippen LogP contribution in [0.3, 0.4) is 0 Å². The molecule has 2 atom stereocenters. The van der Waals surface area contributed by atoms with Crippen molar-refractivity contribution in [3.05, 3.63) is 18.1 Å². The maximum atomic E-state index is 13.1. The number of methoxy groups -OCH3 is 1. The predicted octanol–water partition coefficient (Wildman–Crippen LogP) is 3.07. The van der Waals surface area contributed by atoms with E-state index in [1.807, 2.05) is 0 Å². The largest absolute Gasteiger partial charge is 0.481 e. The molecule has 1 heterocycles. The monoisotopic (exact) mass is 276 g/mol. The molecule has 1 aliphatic rings. The van der Waals surface area contributed by atoms with Crippen molar-refractivity contribution in [3.63, 3.8) is 0 Å². The van der Waals surface area contributed by atoms with E-state index in [-0.39, 0.29) is 24.1 Å². The van der Waals surface area contributed by atoms with E-state index in [0.29, 0.717) is 18.7 Å². The lowest BCUT2D eigenvalue weighted by Gasteiger charge is -2.16. The fourth-order valence-electron chi connectivity index (χ4n) is 2.26. The van der Waals surface area contributed by atoms with Crippen molar-refractivity contribution in [1.82, 2.24) is 9.97 Å². The number of alkyl halides is 3. The molecule has 0 aliphatic heterocycles. The number of ether oxygens (including phenoxy) is 1. The zero-order valence-electron chi connectivity index (χ0n) is 10.1. The molecule has 100 valence electrons. The van der Waals surface area contributed by atoms with Gasteiger partial charge in [-0.15, -0.1) is 11.6 Å². The highest BCUT2D eigenvalue weighted by Gasteiger charge is 2.42. The number of nitrogens with zero attached hydrogens (tertiary/aromatic N) is 2. The Kier molecular flexibility index (Phi) is 4.00. The van der Waals surface area contributed by atoms with Crippen LogP contribution >= 0.6 is 11.6 Å². The molecule has 1 aromatic rings. The molecule has 0 spiro atoms. The Balaban J connectivity index is 1.96. The Morgan fingerprint density at radius 2 is 2.33 bits per heavy atom. The van der Waals surface area contributed by atoms with E-state index in [1.54, 1.807) is 6.07 Å². The number of rotatable bonds is 4. The number of hydrogen-bond donors (Lipinski definition) is 0. The molecule has 1 fully saturated rings. The first-order chi connectivity index (χ1) is 8.50. The third kappa shape index (κ3) is 3.28. The van der Waals surface area contributed by atoms with Crippen molar-refractivity contribution in [1.29, 1.82) is 0 Å². The first kappa shape index (κ1) is 13.5. The normalized spacial score (nSPS) is 23.9. The lowest BCUT2D eigenvalue weighted by atomic mass is 9.99. The van der Waals surface area contributed by atoms with Gasteiger partial charge in [0.25, 0.3) is 0 Å². The Labute approximate surface area is 110 Å². The van der Waals surface area contributed by atoms with Crippen molar-refractivity contribution >= 4 is 11.6 Å². The van der Waals surface area contributed by atoms with Crippen molar-refractivity contribution < 1.29 is 13.5 Å². The van der Waals surface area contributed by atoms with Crippen LogP contribution in [0.1, 0.15) is 25.0 Å². The molecule has 18 heavy (non-hydrogen) atoms. The highest BCUT2D eigenvalue weighted by atomic mass is 35.5. The van der Waals surface area contributed by atoms with Crippen LogP contribution in [-0.4, -0.2) is 28.4 Å². The molecule has 0 N–H and O–H groups in total. The minimum Gasteiger partial charge on any atom is -0.481 e. The van der Waals surface area contributed by atoms with E-state index >= 15 is 0 Å². The Morgan fingerprint density at radius 3 is 2.94 bits per heavy atom. The molecule has 0 bridgehead atoms. The standard InChI is InChI=1S/C12H15ClF2N2O/c1-18-11-5-9(16-7-17-11)4-10(13)8-2-3-12(14,15)6-8/h5,7-8,10H,2-4,6H2,1H3. The van der Waals surface area contributed by atoms with Gasteiger partial charge in [0, 0.05) is 36.4 Å². The summed E-state index contributed by atoms with van der Waals surface area (Å²) >= 11 is 6.21. The van der Waals surface area contributed by atoms with Crippen LogP contribution in [0.5, 0.6) is 5.88 Å². The summed E-state index contributed by atoms with van der Waals surface area (Å²) in [5.41, 5.74) is 0.720. The first-order valence-electron chi connectivity index (χ1n) is 5.87. The van der Waals surface area contributed by atoms with E-state index in [0.717, 1.165) is 5.69 Å². The average molecular weight is 277 g/mol. The van der Waals surface area contributed by atoms with Gasteiger partial charge in [-0.1, -0.05) is 0 Å². The minimum absolute atomic E-state index is 0.0615.